The summed E-state index contributed by atoms with van der Waals surface area (Å²) >= 11 is 5.17. The number of thioether (sulfide) groups is 1. The Morgan fingerprint density at radius 1 is 0.635 bits per heavy atom. The maximum Gasteiger partial charge on any atom is 0.165 e. The predicted octanol–water partition coefficient (Wildman–Crippen LogP) is 6.57. The van der Waals surface area contributed by atoms with Crippen molar-refractivity contribution in [1.82, 2.24) is 48.8 Å². The molecule has 0 aliphatic heterocycles. The molecule has 10 rings (SSSR count). The van der Waals surface area contributed by atoms with Crippen molar-refractivity contribution in [3.8, 4) is 33.6 Å². The smallest absolute Gasteiger partial charge is 0.165 e. The number of hydrogen-bond acceptors (Lipinski definition) is 13. The lowest BCUT2D eigenvalue weighted by molar-refractivity contribution is -0.0460. The van der Waals surface area contributed by atoms with Gasteiger partial charge in [0, 0.05) is 46.5 Å². The third-order valence-electron chi connectivity index (χ3n) is 12.5. The van der Waals surface area contributed by atoms with Crippen LogP contribution in [-0.4, -0.2) is 99.9 Å². The van der Waals surface area contributed by atoms with Crippen LogP contribution in [0.2, 0.25) is 0 Å². The Bertz CT molecular complexity index is 2860. The van der Waals surface area contributed by atoms with E-state index in [4.69, 9.17) is 21.4 Å². The summed E-state index contributed by atoms with van der Waals surface area (Å²) in [6, 6.07) is 19.8. The summed E-state index contributed by atoms with van der Waals surface area (Å²) in [7, 11) is 0. The van der Waals surface area contributed by atoms with Crippen molar-refractivity contribution in [2.24, 2.45) is 0 Å². The average molecular weight is 934 g/mol. The van der Waals surface area contributed by atoms with Gasteiger partial charge in [-0.25, -0.2) is 19.3 Å². The van der Waals surface area contributed by atoms with Gasteiger partial charge in [0.1, 0.15) is 11.6 Å². The number of rotatable bonds is 9. The van der Waals surface area contributed by atoms with Gasteiger partial charge in [0.25, 0.3) is 0 Å². The summed E-state index contributed by atoms with van der Waals surface area (Å²) in [6.07, 6.45) is 18.2. The summed E-state index contributed by atoms with van der Waals surface area (Å²) in [4.78, 5) is 10.9. The second-order valence-corrected chi connectivity index (χ2v) is 18.1. The minimum atomic E-state index is -0.994. The normalized spacial score (nSPS) is 21.4. The number of nitrogens with zero attached hydrogens (tertiary/aromatic N) is 10. The first-order chi connectivity index (χ1) is 30.5. The maximum absolute atomic E-state index is 10.4. The standard InChI is InChI=1S/C23H26N6O2S.C22H23BrN6O2/c1-32-20-19(15-7-9-23(31,14-30)10-8-15)27-22-18(12-26-29(22)21(20)24)16-11-25-28(13-16)17-5-3-2-4-6-17;23-18-19(14-6-8-22(31,13-30)9-7-14)27-21-17(11-26-29(21)20(18)24)15-10-25-28(12-15)16-4-2-1-3-5-16/h2-6,11-13,15,30-31H,7-10,14,24H2,1H3;1-5,10-12,14,30-31H,6-9,13,24H2. The summed E-state index contributed by atoms with van der Waals surface area (Å²) < 4.78 is 7.70. The van der Waals surface area contributed by atoms with Gasteiger partial charge in [-0.1, -0.05) is 36.4 Å². The van der Waals surface area contributed by atoms with Gasteiger partial charge in [-0.3, -0.25) is 0 Å². The number of aliphatic hydroxyl groups excluding tert-OH is 2. The quantitative estimate of drug-likeness (QED) is 0.0843. The van der Waals surface area contributed by atoms with Crippen molar-refractivity contribution < 1.29 is 20.4 Å². The zero-order chi connectivity index (χ0) is 43.9. The number of nitrogen functional groups attached to an aromatic ring is 2. The van der Waals surface area contributed by atoms with Crippen LogP contribution in [0, 0.1) is 0 Å². The van der Waals surface area contributed by atoms with E-state index < -0.39 is 11.2 Å². The Labute approximate surface area is 375 Å². The Morgan fingerprint density at radius 2 is 1.06 bits per heavy atom. The van der Waals surface area contributed by atoms with Gasteiger partial charge in [-0.15, -0.1) is 11.8 Å². The lowest BCUT2D eigenvalue weighted by Gasteiger charge is -2.34. The lowest BCUT2D eigenvalue weighted by atomic mass is 9.78. The highest BCUT2D eigenvalue weighted by Gasteiger charge is 2.36. The van der Waals surface area contributed by atoms with Crippen LogP contribution in [0.5, 0.6) is 0 Å². The van der Waals surface area contributed by atoms with Gasteiger partial charge in [0.05, 0.1) is 81.3 Å². The fraction of sp³-hybridized carbons (Fsp3) is 0.333. The molecule has 2 saturated carbocycles. The van der Waals surface area contributed by atoms with Crippen molar-refractivity contribution in [3.63, 3.8) is 0 Å². The molecule has 8 aromatic rings. The van der Waals surface area contributed by atoms with Crippen LogP contribution in [0.3, 0.4) is 0 Å². The van der Waals surface area contributed by atoms with Crippen molar-refractivity contribution in [2.45, 2.75) is 79.3 Å². The summed E-state index contributed by atoms with van der Waals surface area (Å²) in [5.74, 6) is 1.38. The van der Waals surface area contributed by atoms with E-state index in [1.165, 1.54) is 0 Å². The first-order valence-corrected chi connectivity index (χ1v) is 22.9. The van der Waals surface area contributed by atoms with Gasteiger partial charge in [0.2, 0.25) is 0 Å². The molecule has 0 radical (unpaired) electrons. The molecule has 0 atom stereocenters. The lowest BCUT2D eigenvalue weighted by Crippen LogP contribution is -2.37. The van der Waals surface area contributed by atoms with Gasteiger partial charge < -0.3 is 31.9 Å². The van der Waals surface area contributed by atoms with E-state index in [2.05, 4.69) is 36.3 Å². The number of nitrogens with two attached hydrogens (primary N) is 2. The van der Waals surface area contributed by atoms with Crippen LogP contribution in [0.25, 0.3) is 44.9 Å². The number of fused-ring (bicyclic) bond motifs is 2. The molecule has 8 N–H and O–H groups in total. The molecule has 326 valence electrons. The number of halogens is 1. The third kappa shape index (κ3) is 8.22. The highest BCUT2D eigenvalue weighted by molar-refractivity contribution is 9.10. The topological polar surface area (TPSA) is 229 Å². The molecule has 2 aliphatic rings. The maximum atomic E-state index is 10.4. The number of aliphatic hydroxyl groups is 4. The first kappa shape index (κ1) is 42.7. The van der Waals surface area contributed by atoms with Crippen LogP contribution in [0.4, 0.5) is 11.6 Å². The monoisotopic (exact) mass is 932 g/mol. The van der Waals surface area contributed by atoms with E-state index in [1.807, 2.05) is 94.9 Å². The van der Waals surface area contributed by atoms with E-state index in [0.717, 1.165) is 80.1 Å². The van der Waals surface area contributed by atoms with Crippen molar-refractivity contribution in [2.75, 3.05) is 30.9 Å². The van der Waals surface area contributed by atoms with Crippen molar-refractivity contribution in [1.29, 1.82) is 0 Å². The Kier molecular flexibility index (Phi) is 11.9. The van der Waals surface area contributed by atoms with E-state index in [0.29, 0.717) is 48.6 Å². The predicted molar refractivity (Wildman–Crippen MR) is 246 cm³/mol. The largest absolute Gasteiger partial charge is 0.393 e. The molecule has 2 aliphatic carbocycles. The minimum Gasteiger partial charge on any atom is -0.393 e. The molecule has 0 bridgehead atoms. The van der Waals surface area contributed by atoms with Crippen LogP contribution in [-0.2, 0) is 0 Å². The average Bonchev–Trinajstić information content (AvgIpc) is 4.16. The zero-order valence-electron chi connectivity index (χ0n) is 34.7. The molecule has 63 heavy (non-hydrogen) atoms. The van der Waals surface area contributed by atoms with Crippen LogP contribution < -0.4 is 11.5 Å². The molecule has 6 aromatic heterocycles. The molecule has 2 fully saturated rings. The molecule has 16 nitrogen and oxygen atoms in total. The highest BCUT2D eigenvalue weighted by Crippen LogP contribution is 2.44. The SMILES string of the molecule is CSc1c(C2CCC(O)(CO)CC2)nc2c(-c3cnn(-c4ccccc4)c3)cnn2c1N.Nc1c(Br)c(C2CCC(O)(CO)CC2)nc2c(-c3cnn(-c4ccccc4)c3)cnn12. The number of anilines is 2. The third-order valence-corrected chi connectivity index (χ3v) is 14.2. The van der Waals surface area contributed by atoms with Gasteiger partial charge in [-0.05, 0) is 97.8 Å². The number of aromatic nitrogens is 10. The number of hydrogen-bond donors (Lipinski definition) is 6. The second-order valence-electron chi connectivity index (χ2n) is 16.5. The Morgan fingerprint density at radius 3 is 1.51 bits per heavy atom. The Balaban J connectivity index is 0.000000160. The van der Waals surface area contributed by atoms with Gasteiger partial charge >= 0.3 is 0 Å². The van der Waals surface area contributed by atoms with Crippen molar-refractivity contribution >= 4 is 50.6 Å². The molecular formula is C45H49BrN12O4S. The molecule has 0 amide bonds. The molecular weight excluding hydrogens is 885 g/mol. The molecule has 2 aromatic carbocycles. The zero-order valence-corrected chi connectivity index (χ0v) is 37.1. The number of benzene rings is 2. The van der Waals surface area contributed by atoms with E-state index in [9.17, 15) is 20.4 Å². The molecule has 6 heterocycles. The van der Waals surface area contributed by atoms with Crippen LogP contribution >= 0.6 is 27.7 Å². The minimum absolute atomic E-state index is 0.142. The van der Waals surface area contributed by atoms with Crippen molar-refractivity contribution in [3.05, 3.63) is 114 Å². The second kappa shape index (κ2) is 17.5. The first-order valence-electron chi connectivity index (χ1n) is 20.9. The van der Waals surface area contributed by atoms with E-state index >= 15 is 0 Å². The highest BCUT2D eigenvalue weighted by atomic mass is 79.9. The summed E-state index contributed by atoms with van der Waals surface area (Å²) in [6.45, 7) is -0.421. The van der Waals surface area contributed by atoms with Gasteiger partial charge in [-0.2, -0.15) is 29.4 Å². The molecule has 0 unspecified atom stereocenters. The van der Waals surface area contributed by atoms with Crippen LogP contribution in [0.15, 0.2) is 107 Å². The van der Waals surface area contributed by atoms with E-state index in [1.54, 1.807) is 39.4 Å². The summed E-state index contributed by atoms with van der Waals surface area (Å²) in [5, 5.41) is 57.7. The fourth-order valence-electron chi connectivity index (χ4n) is 8.74. The molecule has 0 spiro atoms. The fourth-order valence-corrected chi connectivity index (χ4v) is 10.0. The molecule has 18 heteroatoms. The Hall–Kier alpha value is -5.63. The molecule has 0 saturated heterocycles. The van der Waals surface area contributed by atoms with Crippen LogP contribution in [0.1, 0.15) is 74.6 Å². The number of para-hydroxylation sites is 2. The van der Waals surface area contributed by atoms with Gasteiger partial charge in [0.15, 0.2) is 11.3 Å². The van der Waals surface area contributed by atoms with E-state index in [-0.39, 0.29) is 25.0 Å². The summed E-state index contributed by atoms with van der Waals surface area (Å²) in [5.41, 5.74) is 19.6.